The third-order valence-corrected chi connectivity index (χ3v) is 6.52. The van der Waals surface area contributed by atoms with Crippen LogP contribution in [0.2, 0.25) is 0 Å². The number of hydrogen-bond acceptors (Lipinski definition) is 8. The lowest BCUT2D eigenvalue weighted by atomic mass is 9.96. The summed E-state index contributed by atoms with van der Waals surface area (Å²) < 4.78 is 7.72. The second-order valence-corrected chi connectivity index (χ2v) is 9.20. The topological polar surface area (TPSA) is 166 Å². The Morgan fingerprint density at radius 1 is 1.08 bits per heavy atom. The Hall–Kier alpha value is -3.48. The molecule has 1 atom stereocenters. The van der Waals surface area contributed by atoms with Crippen LogP contribution in [0.1, 0.15) is 36.9 Å². The summed E-state index contributed by atoms with van der Waals surface area (Å²) in [6, 6.07) is 8.89. The number of benzene rings is 1. The fraction of sp³-hybridized carbons (Fsp3) is 0.520. The monoisotopic (exact) mass is 518 g/mol. The van der Waals surface area contributed by atoms with E-state index >= 15 is 0 Å². The number of aromatic nitrogens is 2. The van der Waals surface area contributed by atoms with Crippen LogP contribution in [0.5, 0.6) is 0 Å². The number of carboxylic acids is 3. The average molecular weight is 519 g/mol. The number of fused-ring (bicyclic) bond motifs is 1. The summed E-state index contributed by atoms with van der Waals surface area (Å²) in [7, 11) is 0. The molecule has 37 heavy (non-hydrogen) atoms. The van der Waals surface area contributed by atoms with E-state index in [2.05, 4.69) is 50.5 Å². The summed E-state index contributed by atoms with van der Waals surface area (Å²) in [5.41, 5.74) is 1.43. The normalized spacial score (nSPS) is 17.6. The van der Waals surface area contributed by atoms with Crippen molar-refractivity contribution in [2.45, 2.75) is 44.4 Å². The van der Waals surface area contributed by atoms with Gasteiger partial charge in [0.2, 0.25) is 0 Å². The Balaban J connectivity index is 0.000000251. The summed E-state index contributed by atoms with van der Waals surface area (Å²) in [5, 5.41) is 33.8. The van der Waals surface area contributed by atoms with E-state index in [0.717, 1.165) is 52.5 Å². The number of morpholine rings is 1. The fourth-order valence-electron chi connectivity index (χ4n) is 4.66. The number of aryl methyl sites for hydroxylation is 1. The molecule has 3 heterocycles. The second-order valence-electron chi connectivity index (χ2n) is 9.20. The predicted molar refractivity (Wildman–Crippen MR) is 132 cm³/mol. The molecular formula is C25H34N4O8. The molecule has 0 radical (unpaired) electrons. The summed E-state index contributed by atoms with van der Waals surface area (Å²) in [5.74, 6) is -4.44. The van der Waals surface area contributed by atoms with Crippen LogP contribution in [-0.4, -0.2) is 97.8 Å². The molecule has 0 aliphatic carbocycles. The molecule has 2 aromatic rings. The largest absolute Gasteiger partial charge is 0.481 e. The van der Waals surface area contributed by atoms with Crippen molar-refractivity contribution in [3.05, 3.63) is 48.0 Å². The Kier molecular flexibility index (Phi) is 9.61. The van der Waals surface area contributed by atoms with Crippen molar-refractivity contribution in [3.63, 3.8) is 0 Å². The number of nitrogens with zero attached hydrogens (tertiary/aromatic N) is 4. The minimum atomic E-state index is -2.74. The zero-order valence-corrected chi connectivity index (χ0v) is 20.8. The van der Waals surface area contributed by atoms with Crippen molar-refractivity contribution < 1.29 is 39.5 Å². The maximum Gasteiger partial charge on any atom is 0.336 e. The second kappa shape index (κ2) is 12.7. The van der Waals surface area contributed by atoms with E-state index in [0.29, 0.717) is 5.92 Å². The summed E-state index contributed by atoms with van der Waals surface area (Å²) in [4.78, 5) is 39.9. The highest BCUT2D eigenvalue weighted by Crippen LogP contribution is 2.37. The van der Waals surface area contributed by atoms with Gasteiger partial charge in [-0.25, -0.2) is 9.78 Å². The maximum absolute atomic E-state index is 10.3. The zero-order chi connectivity index (χ0) is 27.0. The molecule has 0 spiro atoms. The van der Waals surface area contributed by atoms with Crippen molar-refractivity contribution in [3.8, 4) is 0 Å². The molecule has 0 saturated carbocycles. The van der Waals surface area contributed by atoms with Crippen molar-refractivity contribution in [2.75, 3.05) is 44.3 Å². The molecule has 202 valence electrons. The fourth-order valence-corrected chi connectivity index (χ4v) is 4.66. The summed E-state index contributed by atoms with van der Waals surface area (Å²) in [6.07, 6.45) is 1.65. The van der Waals surface area contributed by atoms with Gasteiger partial charge in [0.05, 0.1) is 44.6 Å². The Morgan fingerprint density at radius 2 is 1.73 bits per heavy atom. The molecule has 12 heteroatoms. The van der Waals surface area contributed by atoms with Gasteiger partial charge in [0.15, 0.2) is 5.60 Å². The van der Waals surface area contributed by atoms with Crippen molar-refractivity contribution in [1.82, 2.24) is 14.5 Å². The van der Waals surface area contributed by atoms with Gasteiger partial charge in [0.25, 0.3) is 0 Å². The first-order chi connectivity index (χ1) is 17.6. The van der Waals surface area contributed by atoms with Gasteiger partial charge in [-0.2, -0.15) is 0 Å². The van der Waals surface area contributed by atoms with Gasteiger partial charge in [0.1, 0.15) is 0 Å². The zero-order valence-electron chi connectivity index (χ0n) is 20.8. The minimum Gasteiger partial charge on any atom is -0.481 e. The minimum absolute atomic E-state index is 0.581. The molecule has 0 bridgehead atoms. The SMILES string of the molecule is CCn1cncc1CN1CC(CN2CCOCC2)c2ccccc21.O=C(O)CC(O)(CC(=O)O)C(=O)O. The number of imidazole rings is 1. The van der Waals surface area contributed by atoms with E-state index in [9.17, 15) is 14.4 Å². The number of ether oxygens (including phenoxy) is 1. The average Bonchev–Trinajstić information content (AvgIpc) is 3.44. The molecule has 1 aromatic heterocycles. The highest BCUT2D eigenvalue weighted by molar-refractivity contribution is 5.88. The van der Waals surface area contributed by atoms with Crippen LogP contribution >= 0.6 is 0 Å². The first kappa shape index (κ1) is 28.1. The van der Waals surface area contributed by atoms with E-state index in [-0.39, 0.29) is 0 Å². The van der Waals surface area contributed by atoms with Gasteiger partial charge in [-0.1, -0.05) is 18.2 Å². The van der Waals surface area contributed by atoms with Crippen molar-refractivity contribution >= 4 is 23.6 Å². The van der Waals surface area contributed by atoms with E-state index in [1.165, 1.54) is 16.9 Å². The van der Waals surface area contributed by atoms with Crippen molar-refractivity contribution in [1.29, 1.82) is 0 Å². The number of aliphatic hydroxyl groups is 1. The Morgan fingerprint density at radius 3 is 2.32 bits per heavy atom. The number of anilines is 1. The third kappa shape index (κ3) is 7.51. The smallest absolute Gasteiger partial charge is 0.336 e. The summed E-state index contributed by atoms with van der Waals surface area (Å²) in [6.45, 7) is 10.1. The molecule has 1 saturated heterocycles. The van der Waals surface area contributed by atoms with Gasteiger partial charge in [0, 0.05) is 50.5 Å². The Labute approximate surface area is 214 Å². The highest BCUT2D eigenvalue weighted by atomic mass is 16.5. The van der Waals surface area contributed by atoms with Gasteiger partial charge in [-0.15, -0.1) is 0 Å². The van der Waals surface area contributed by atoms with Crippen LogP contribution in [0.25, 0.3) is 0 Å². The lowest BCUT2D eigenvalue weighted by Crippen LogP contribution is -2.42. The molecule has 1 aromatic carbocycles. The highest BCUT2D eigenvalue weighted by Gasteiger charge is 2.40. The summed E-state index contributed by atoms with van der Waals surface area (Å²) >= 11 is 0. The molecule has 0 amide bonds. The van der Waals surface area contributed by atoms with E-state index in [4.69, 9.17) is 25.2 Å². The number of carbonyl (C=O) groups is 3. The van der Waals surface area contributed by atoms with Crippen LogP contribution in [-0.2, 0) is 32.2 Å². The standard InChI is InChI=1S/C19H26N4O.C6H8O7/c1-2-22-15-20-11-17(22)14-23-13-16(12-21-7-9-24-10-8-21)18-5-3-4-6-19(18)23;7-3(8)1-6(13,5(11)12)2-4(9)10/h3-6,11,15-16H,2,7-10,12-14H2,1H3;13H,1-2H2,(H,7,8)(H,9,10)(H,11,12). The maximum atomic E-state index is 10.3. The van der Waals surface area contributed by atoms with E-state index in [1.807, 2.05) is 12.5 Å². The lowest BCUT2D eigenvalue weighted by Gasteiger charge is -2.29. The molecule has 12 nitrogen and oxygen atoms in total. The van der Waals surface area contributed by atoms with E-state index in [1.54, 1.807) is 0 Å². The number of carboxylic acid groups (broad SMARTS) is 3. The first-order valence-electron chi connectivity index (χ1n) is 12.1. The molecule has 1 unspecified atom stereocenters. The molecule has 4 rings (SSSR count). The van der Waals surface area contributed by atoms with Crippen LogP contribution in [0.4, 0.5) is 5.69 Å². The number of rotatable bonds is 10. The molecule has 1 fully saturated rings. The molecule has 4 N–H and O–H groups in total. The van der Waals surface area contributed by atoms with Gasteiger partial charge < -0.3 is 34.6 Å². The van der Waals surface area contributed by atoms with Gasteiger partial charge in [-0.3, -0.25) is 14.5 Å². The van der Waals surface area contributed by atoms with Gasteiger partial charge >= 0.3 is 17.9 Å². The van der Waals surface area contributed by atoms with Crippen LogP contribution in [0, 0.1) is 0 Å². The van der Waals surface area contributed by atoms with E-state index < -0.39 is 36.4 Å². The predicted octanol–water partition coefficient (Wildman–Crippen LogP) is 1.09. The number of aliphatic carboxylic acids is 3. The first-order valence-corrected chi connectivity index (χ1v) is 12.1. The lowest BCUT2D eigenvalue weighted by molar-refractivity contribution is -0.170. The third-order valence-electron chi connectivity index (χ3n) is 6.52. The van der Waals surface area contributed by atoms with Crippen LogP contribution < -0.4 is 4.90 Å². The molecule has 2 aliphatic rings. The molecular weight excluding hydrogens is 484 g/mol. The quantitative estimate of drug-likeness (QED) is 0.356. The van der Waals surface area contributed by atoms with Crippen LogP contribution in [0.3, 0.4) is 0 Å². The number of para-hydroxylation sites is 1. The van der Waals surface area contributed by atoms with Gasteiger partial charge in [-0.05, 0) is 18.6 Å². The van der Waals surface area contributed by atoms with Crippen LogP contribution in [0.15, 0.2) is 36.8 Å². The number of hydrogen-bond donors (Lipinski definition) is 4. The van der Waals surface area contributed by atoms with Crippen molar-refractivity contribution in [2.24, 2.45) is 0 Å². The Bertz CT molecular complexity index is 1070. The molecule has 2 aliphatic heterocycles.